The summed E-state index contributed by atoms with van der Waals surface area (Å²) in [6.45, 7) is 6.45. The highest BCUT2D eigenvalue weighted by atomic mass is 32.7. The second-order valence-corrected chi connectivity index (χ2v) is 9.13. The van der Waals surface area contributed by atoms with E-state index in [2.05, 4.69) is 0 Å². The van der Waals surface area contributed by atoms with E-state index in [-0.39, 0.29) is 11.9 Å². The second-order valence-electron chi connectivity index (χ2n) is 4.23. The van der Waals surface area contributed by atoms with Crippen LogP contribution in [0.5, 0.6) is 0 Å². The Labute approximate surface area is 136 Å². The molecule has 2 unspecified atom stereocenters. The summed E-state index contributed by atoms with van der Waals surface area (Å²) < 4.78 is 24.7. The van der Waals surface area contributed by atoms with Crippen molar-refractivity contribution < 1.29 is 18.6 Å². The highest BCUT2D eigenvalue weighted by molar-refractivity contribution is 8.56. The van der Waals surface area contributed by atoms with Crippen molar-refractivity contribution in [3.05, 3.63) is 11.8 Å². The molecule has 0 aliphatic carbocycles. The van der Waals surface area contributed by atoms with Crippen LogP contribution in [-0.2, 0) is 18.6 Å². The number of carbonyl (C=O) groups is 1. The van der Waals surface area contributed by atoms with Gasteiger partial charge in [0.1, 0.15) is 0 Å². The summed E-state index contributed by atoms with van der Waals surface area (Å²) in [6.07, 6.45) is 2.28. The summed E-state index contributed by atoms with van der Waals surface area (Å²) in [7, 11) is 0. The van der Waals surface area contributed by atoms with E-state index in [0.29, 0.717) is 12.2 Å². The van der Waals surface area contributed by atoms with E-state index in [1.165, 1.54) is 27.7 Å². The molecule has 0 aliphatic heterocycles. The van der Waals surface area contributed by atoms with E-state index in [1.54, 1.807) is 20.8 Å². The van der Waals surface area contributed by atoms with Crippen LogP contribution in [0.25, 0.3) is 0 Å². The maximum atomic E-state index is 13.0. The van der Waals surface area contributed by atoms with Crippen molar-refractivity contribution in [2.75, 3.05) is 13.2 Å². The largest absolute Gasteiger partial charge is 0.463 e. The van der Waals surface area contributed by atoms with Gasteiger partial charge in [-0.25, -0.2) is 4.79 Å². The summed E-state index contributed by atoms with van der Waals surface area (Å²) in [4.78, 5) is 11.7. The van der Waals surface area contributed by atoms with Gasteiger partial charge in [0.05, 0.1) is 24.3 Å². The molecule has 0 saturated heterocycles. The lowest BCUT2D eigenvalue weighted by Gasteiger charge is -2.27. The first-order valence-corrected chi connectivity index (χ1v) is 10.4. The number of hydrogen-bond acceptors (Lipinski definition) is 6. The number of rotatable bonds is 10. The number of thiocarbonyl (C=S) groups is 1. The van der Waals surface area contributed by atoms with Crippen LogP contribution in [0, 0.1) is 0 Å². The second kappa shape index (κ2) is 10.4. The van der Waals surface area contributed by atoms with Crippen molar-refractivity contribution >= 4 is 41.8 Å². The van der Waals surface area contributed by atoms with E-state index in [0.717, 1.165) is 6.42 Å². The van der Waals surface area contributed by atoms with Gasteiger partial charge in [-0.15, -0.1) is 0 Å². The zero-order chi connectivity index (χ0) is 16.5. The van der Waals surface area contributed by atoms with Gasteiger partial charge in [0.25, 0.3) is 0 Å². The quantitative estimate of drug-likeness (QED) is 0.250. The maximum absolute atomic E-state index is 13.0. The van der Waals surface area contributed by atoms with Crippen LogP contribution < -0.4 is 0 Å². The Bertz CT molecular complexity index is 428. The van der Waals surface area contributed by atoms with Crippen molar-refractivity contribution in [1.29, 1.82) is 0 Å². The normalized spacial score (nSPS) is 16.0. The molecule has 2 atom stereocenters. The van der Waals surface area contributed by atoms with Gasteiger partial charge >= 0.3 is 12.7 Å². The Morgan fingerprint density at radius 3 is 2.43 bits per heavy atom. The van der Waals surface area contributed by atoms with E-state index in [9.17, 15) is 9.36 Å². The number of esters is 1. The molecule has 5 nitrogen and oxygen atoms in total. The highest BCUT2D eigenvalue weighted by Crippen LogP contribution is 2.64. The van der Waals surface area contributed by atoms with E-state index >= 15 is 0 Å². The van der Waals surface area contributed by atoms with Crippen LogP contribution in [0.3, 0.4) is 0 Å². The van der Waals surface area contributed by atoms with Crippen molar-refractivity contribution in [2.24, 2.45) is 0 Å². The molecule has 0 aromatic carbocycles. The molecule has 122 valence electrons. The third kappa shape index (κ3) is 6.96. The Balaban J connectivity index is 5.33. The Kier molecular flexibility index (Phi) is 10.2. The molecule has 0 N–H and O–H groups in total. The highest BCUT2D eigenvalue weighted by Gasteiger charge is 2.32. The SMILES string of the molecule is CCOC(=O)C(C)=CN(C=S)P(=O)(OCC)SC(C)CC. The van der Waals surface area contributed by atoms with Gasteiger partial charge in [-0.05, 0) is 38.6 Å². The van der Waals surface area contributed by atoms with E-state index in [4.69, 9.17) is 21.5 Å². The monoisotopic (exact) mass is 353 g/mol. The summed E-state index contributed by atoms with van der Waals surface area (Å²) in [5.41, 5.74) is 1.57. The van der Waals surface area contributed by atoms with Gasteiger partial charge < -0.3 is 9.26 Å². The molecule has 0 rings (SSSR count). The Morgan fingerprint density at radius 1 is 1.38 bits per heavy atom. The summed E-state index contributed by atoms with van der Waals surface area (Å²) in [5, 5.41) is 0.149. The maximum Gasteiger partial charge on any atom is 0.358 e. The predicted octanol–water partition coefficient (Wildman–Crippen LogP) is 4.39. The Hall–Kier alpha value is -0.360. The number of carbonyl (C=O) groups excluding carboxylic acids is 1. The lowest BCUT2D eigenvalue weighted by molar-refractivity contribution is -0.138. The predicted molar refractivity (Wildman–Crippen MR) is 92.5 cm³/mol. The molecule has 0 radical (unpaired) electrons. The molecule has 0 amide bonds. The van der Waals surface area contributed by atoms with Crippen molar-refractivity contribution in [2.45, 2.75) is 46.3 Å². The smallest absolute Gasteiger partial charge is 0.358 e. The van der Waals surface area contributed by atoms with Crippen LogP contribution in [-0.4, -0.2) is 34.6 Å². The molecule has 0 aliphatic rings. The molecule has 0 spiro atoms. The molecule has 0 aromatic rings. The van der Waals surface area contributed by atoms with Crippen LogP contribution in [0.2, 0.25) is 0 Å². The molecule has 0 aromatic heterocycles. The lowest BCUT2D eigenvalue weighted by Crippen LogP contribution is -2.16. The molecule has 21 heavy (non-hydrogen) atoms. The van der Waals surface area contributed by atoms with Gasteiger partial charge in [0.15, 0.2) is 0 Å². The third-order valence-electron chi connectivity index (χ3n) is 2.49. The van der Waals surface area contributed by atoms with Gasteiger partial charge in [0, 0.05) is 11.4 Å². The van der Waals surface area contributed by atoms with Gasteiger partial charge in [-0.3, -0.25) is 9.24 Å². The summed E-state index contributed by atoms with van der Waals surface area (Å²) >= 11 is 6.17. The average molecular weight is 353 g/mol. The molecule has 0 heterocycles. The molecule has 0 bridgehead atoms. The van der Waals surface area contributed by atoms with Crippen LogP contribution in [0.1, 0.15) is 41.0 Å². The summed E-state index contributed by atoms with van der Waals surface area (Å²) in [6, 6.07) is 0. The zero-order valence-corrected chi connectivity index (χ0v) is 15.7. The fourth-order valence-electron chi connectivity index (χ4n) is 1.27. The van der Waals surface area contributed by atoms with Gasteiger partial charge in [-0.1, -0.05) is 26.1 Å². The molecular weight excluding hydrogens is 329 g/mol. The van der Waals surface area contributed by atoms with Crippen molar-refractivity contribution in [3.63, 3.8) is 0 Å². The standard InChI is InChI=1S/C13H24NO4PS2/c1-6-12(5)21-19(16,18-8-3)14(10-20)9-11(4)13(15)17-7-2/h9-10,12H,6-8H2,1-5H3. The van der Waals surface area contributed by atoms with Gasteiger partial charge in [0.2, 0.25) is 0 Å². The van der Waals surface area contributed by atoms with E-state index < -0.39 is 12.7 Å². The average Bonchev–Trinajstić information content (AvgIpc) is 2.44. The first-order valence-electron chi connectivity index (χ1n) is 6.87. The molecule has 0 saturated carbocycles. The summed E-state index contributed by atoms with van der Waals surface area (Å²) in [5.74, 6) is -0.462. The number of ether oxygens (including phenoxy) is 1. The fourth-order valence-corrected chi connectivity index (χ4v) is 6.47. The first-order chi connectivity index (χ1) is 9.84. The number of hydrogen-bond donors (Lipinski definition) is 0. The minimum absolute atomic E-state index is 0.149. The topological polar surface area (TPSA) is 55.8 Å². The van der Waals surface area contributed by atoms with Gasteiger partial charge in [-0.2, -0.15) is 0 Å². The van der Waals surface area contributed by atoms with Crippen LogP contribution in [0.4, 0.5) is 0 Å². The molecular formula is C13H24NO4PS2. The molecule has 8 heteroatoms. The minimum Gasteiger partial charge on any atom is -0.463 e. The zero-order valence-electron chi connectivity index (χ0n) is 13.2. The van der Waals surface area contributed by atoms with Crippen molar-refractivity contribution in [1.82, 2.24) is 4.67 Å². The van der Waals surface area contributed by atoms with E-state index in [1.807, 2.05) is 13.8 Å². The van der Waals surface area contributed by atoms with Crippen molar-refractivity contribution in [3.8, 4) is 0 Å². The van der Waals surface area contributed by atoms with Crippen LogP contribution in [0.15, 0.2) is 11.8 Å². The minimum atomic E-state index is -3.21. The Morgan fingerprint density at radius 2 is 2.00 bits per heavy atom. The molecule has 0 fully saturated rings. The lowest BCUT2D eigenvalue weighted by atomic mass is 10.3. The fraction of sp³-hybridized carbons (Fsp3) is 0.692. The number of nitrogens with zero attached hydrogens (tertiary/aromatic N) is 1. The first kappa shape index (κ1) is 20.6. The third-order valence-corrected chi connectivity index (χ3v) is 7.98. The van der Waals surface area contributed by atoms with Crippen LogP contribution >= 0.6 is 30.3 Å².